The van der Waals surface area contributed by atoms with Crippen molar-refractivity contribution in [1.29, 1.82) is 0 Å². The van der Waals surface area contributed by atoms with Gasteiger partial charge in [-0.05, 0) is 33.6 Å². The smallest absolute Gasteiger partial charge is 0.191 e. The molecule has 0 saturated carbocycles. The van der Waals surface area contributed by atoms with Crippen molar-refractivity contribution in [3.8, 4) is 0 Å². The Balaban J connectivity index is 0.00000225. The number of fused-ring (bicyclic) bond motifs is 1. The van der Waals surface area contributed by atoms with Crippen molar-refractivity contribution >= 4 is 29.9 Å². The average molecular weight is 458 g/mol. The molecule has 0 spiro atoms. The normalized spacial score (nSPS) is 17.0. The van der Waals surface area contributed by atoms with Crippen LogP contribution in [0.3, 0.4) is 0 Å². The van der Waals surface area contributed by atoms with Gasteiger partial charge in [-0.1, -0.05) is 0 Å². The molecule has 0 radical (unpaired) electrons. The van der Waals surface area contributed by atoms with Crippen molar-refractivity contribution in [1.82, 2.24) is 35.2 Å². The Labute approximate surface area is 165 Å². The first-order valence-corrected chi connectivity index (χ1v) is 8.37. The van der Waals surface area contributed by atoms with E-state index in [0.29, 0.717) is 6.54 Å². The van der Waals surface area contributed by atoms with E-state index in [-0.39, 0.29) is 30.0 Å². The highest BCUT2D eigenvalue weighted by Gasteiger charge is 2.24. The Bertz CT molecular complexity index is 761. The largest absolute Gasteiger partial charge is 0.352 e. The minimum Gasteiger partial charge on any atom is -0.352 e. The Morgan fingerprint density at radius 1 is 1.28 bits per heavy atom. The van der Waals surface area contributed by atoms with Gasteiger partial charge < -0.3 is 10.6 Å². The fourth-order valence-electron chi connectivity index (χ4n) is 3.21. The summed E-state index contributed by atoms with van der Waals surface area (Å²) < 4.78 is 3.91. The number of guanidine groups is 1. The van der Waals surface area contributed by atoms with Crippen LogP contribution in [0.4, 0.5) is 0 Å². The highest BCUT2D eigenvalue weighted by atomic mass is 127. The minimum atomic E-state index is 0. The predicted molar refractivity (Wildman–Crippen MR) is 108 cm³/mol. The van der Waals surface area contributed by atoms with Crippen molar-refractivity contribution in [3.63, 3.8) is 0 Å². The van der Waals surface area contributed by atoms with Crippen molar-refractivity contribution in [2.45, 2.75) is 52.7 Å². The summed E-state index contributed by atoms with van der Waals surface area (Å²) in [4.78, 5) is 8.92. The van der Waals surface area contributed by atoms with Gasteiger partial charge in [0.05, 0.1) is 11.7 Å². The molecule has 1 aliphatic heterocycles. The second kappa shape index (κ2) is 8.15. The lowest BCUT2D eigenvalue weighted by molar-refractivity contribution is 0.397. The first kappa shape index (κ1) is 19.7. The monoisotopic (exact) mass is 458 g/mol. The number of hydrogen-bond acceptors (Lipinski definition) is 4. The van der Waals surface area contributed by atoms with Crippen molar-refractivity contribution in [2.75, 3.05) is 7.05 Å². The summed E-state index contributed by atoms with van der Waals surface area (Å²) in [6.07, 6.45) is 2.12. The predicted octanol–water partition coefficient (Wildman–Crippen LogP) is 1.75. The zero-order valence-corrected chi connectivity index (χ0v) is 17.8. The second-order valence-electron chi connectivity index (χ2n) is 6.28. The van der Waals surface area contributed by atoms with Crippen LogP contribution < -0.4 is 10.6 Å². The lowest BCUT2D eigenvalue weighted by atomic mass is 10.1. The molecule has 1 unspecified atom stereocenters. The quantitative estimate of drug-likeness (QED) is 0.416. The van der Waals surface area contributed by atoms with Crippen LogP contribution in [-0.2, 0) is 20.1 Å². The summed E-state index contributed by atoms with van der Waals surface area (Å²) in [5, 5.41) is 15.8. The van der Waals surface area contributed by atoms with Crippen LogP contribution in [0.15, 0.2) is 4.99 Å². The molecule has 0 saturated heterocycles. The molecular formula is C16H27IN8. The van der Waals surface area contributed by atoms with Gasteiger partial charge in [-0.3, -0.25) is 9.67 Å². The molecule has 8 nitrogen and oxygen atoms in total. The van der Waals surface area contributed by atoms with Crippen LogP contribution in [0.1, 0.15) is 47.5 Å². The molecule has 0 aliphatic carbocycles. The number of aliphatic imine (C=N–C) groups is 1. The summed E-state index contributed by atoms with van der Waals surface area (Å²) in [7, 11) is 3.76. The van der Waals surface area contributed by atoms with Crippen molar-refractivity contribution in [3.05, 3.63) is 28.6 Å². The maximum Gasteiger partial charge on any atom is 0.191 e. The molecule has 2 aromatic rings. The van der Waals surface area contributed by atoms with Gasteiger partial charge in [0.25, 0.3) is 0 Å². The van der Waals surface area contributed by atoms with Crippen LogP contribution >= 0.6 is 24.0 Å². The van der Waals surface area contributed by atoms with Gasteiger partial charge >= 0.3 is 0 Å². The highest BCUT2D eigenvalue weighted by molar-refractivity contribution is 14.0. The molecule has 1 aliphatic rings. The second-order valence-corrected chi connectivity index (χ2v) is 6.28. The van der Waals surface area contributed by atoms with E-state index in [1.165, 1.54) is 11.3 Å². The lowest BCUT2D eigenvalue weighted by Gasteiger charge is -2.25. The third-order valence-corrected chi connectivity index (χ3v) is 4.61. The first-order valence-electron chi connectivity index (χ1n) is 8.37. The van der Waals surface area contributed by atoms with E-state index in [1.807, 2.05) is 30.3 Å². The lowest BCUT2D eigenvalue weighted by Crippen LogP contribution is -2.41. The summed E-state index contributed by atoms with van der Waals surface area (Å²) in [6.45, 7) is 7.69. The third-order valence-electron chi connectivity index (χ3n) is 4.61. The minimum absolute atomic E-state index is 0. The average Bonchev–Trinajstić information content (AvgIpc) is 3.04. The SMILES string of the molecule is CN=C(NCc1c(C)nn(C)c1C)NC1CCCn2nc(C)nc21.I. The van der Waals surface area contributed by atoms with E-state index in [0.717, 1.165) is 42.7 Å². The van der Waals surface area contributed by atoms with E-state index in [9.17, 15) is 0 Å². The van der Waals surface area contributed by atoms with Gasteiger partial charge in [-0.15, -0.1) is 24.0 Å². The molecule has 2 aromatic heterocycles. The van der Waals surface area contributed by atoms with E-state index in [4.69, 9.17) is 0 Å². The molecular weight excluding hydrogens is 431 g/mol. The van der Waals surface area contributed by atoms with Gasteiger partial charge in [-0.2, -0.15) is 10.2 Å². The molecule has 25 heavy (non-hydrogen) atoms. The van der Waals surface area contributed by atoms with Crippen LogP contribution in [0.5, 0.6) is 0 Å². The fourth-order valence-corrected chi connectivity index (χ4v) is 3.21. The number of hydrogen-bond donors (Lipinski definition) is 2. The van der Waals surface area contributed by atoms with E-state index < -0.39 is 0 Å². The van der Waals surface area contributed by atoms with Gasteiger partial charge in [0.2, 0.25) is 0 Å². The van der Waals surface area contributed by atoms with Gasteiger partial charge in [0.1, 0.15) is 11.6 Å². The van der Waals surface area contributed by atoms with Gasteiger partial charge in [-0.25, -0.2) is 9.67 Å². The number of halogens is 1. The van der Waals surface area contributed by atoms with E-state index in [2.05, 4.69) is 37.7 Å². The molecule has 3 rings (SSSR count). The maximum absolute atomic E-state index is 4.56. The van der Waals surface area contributed by atoms with Crippen LogP contribution in [0, 0.1) is 20.8 Å². The standard InChI is InChI=1S/C16H26N8.HI/c1-10-13(11(2)23(5)21-10)9-18-16(17-4)20-14-7-6-8-24-15(14)19-12(3)22-24;/h14H,6-9H2,1-5H3,(H2,17,18,20);1H. The number of aryl methyl sites for hydroxylation is 4. The number of rotatable bonds is 3. The number of nitrogens with zero attached hydrogens (tertiary/aromatic N) is 6. The zero-order chi connectivity index (χ0) is 17.3. The van der Waals surface area contributed by atoms with Gasteiger partial charge in [0, 0.05) is 38.4 Å². The first-order chi connectivity index (χ1) is 11.5. The fraction of sp³-hybridized carbons (Fsp3) is 0.625. The summed E-state index contributed by atoms with van der Waals surface area (Å²) in [6, 6.07) is 0.141. The molecule has 0 fully saturated rings. The molecule has 9 heteroatoms. The Morgan fingerprint density at radius 2 is 2.04 bits per heavy atom. The molecule has 2 N–H and O–H groups in total. The summed E-state index contributed by atoms with van der Waals surface area (Å²) in [5.74, 6) is 2.59. The molecule has 0 aromatic carbocycles. The van der Waals surface area contributed by atoms with Crippen molar-refractivity contribution in [2.24, 2.45) is 12.0 Å². The Kier molecular flexibility index (Phi) is 6.42. The topological polar surface area (TPSA) is 85.0 Å². The number of nitrogens with one attached hydrogen (secondary N) is 2. The molecule has 3 heterocycles. The highest BCUT2D eigenvalue weighted by Crippen LogP contribution is 2.22. The van der Waals surface area contributed by atoms with Gasteiger partial charge in [0.15, 0.2) is 5.96 Å². The molecule has 0 amide bonds. The molecule has 1 atom stereocenters. The van der Waals surface area contributed by atoms with Crippen molar-refractivity contribution < 1.29 is 0 Å². The molecule has 0 bridgehead atoms. The Morgan fingerprint density at radius 3 is 2.68 bits per heavy atom. The number of aromatic nitrogens is 5. The Hall–Kier alpha value is -1.65. The van der Waals surface area contributed by atoms with Crippen LogP contribution in [-0.4, -0.2) is 37.6 Å². The molecule has 138 valence electrons. The summed E-state index contributed by atoms with van der Waals surface area (Å²) in [5.41, 5.74) is 3.43. The maximum atomic E-state index is 4.56. The summed E-state index contributed by atoms with van der Waals surface area (Å²) >= 11 is 0. The van der Waals surface area contributed by atoms with E-state index >= 15 is 0 Å². The van der Waals surface area contributed by atoms with Crippen LogP contribution in [0.25, 0.3) is 0 Å². The van der Waals surface area contributed by atoms with Crippen LogP contribution in [0.2, 0.25) is 0 Å². The zero-order valence-electron chi connectivity index (χ0n) is 15.5. The van der Waals surface area contributed by atoms with E-state index in [1.54, 1.807) is 7.05 Å². The third kappa shape index (κ3) is 4.13.